The van der Waals surface area contributed by atoms with Crippen LogP contribution in [-0.2, 0) is 28.4 Å². The van der Waals surface area contributed by atoms with Crippen LogP contribution in [0.15, 0.2) is 11.6 Å². The van der Waals surface area contributed by atoms with E-state index in [1.165, 1.54) is 0 Å². The number of ether oxygens (including phenoxy) is 2. The van der Waals surface area contributed by atoms with Crippen LogP contribution < -0.4 is 0 Å². The average Bonchev–Trinajstić information content (AvgIpc) is 2.79. The standard InChI is InChI=1S/C15H25BO6/c1-9(2)7-8-16-21-12(14(17)19-10(3)4)13(22-16)15(18)20-11(5)6/h7,10-13H,8H2,1-6H3/t12-,13-/m1/s1. The van der Waals surface area contributed by atoms with Crippen LogP contribution in [0.4, 0.5) is 0 Å². The second kappa shape index (κ2) is 8.34. The van der Waals surface area contributed by atoms with E-state index in [2.05, 4.69) is 0 Å². The predicted octanol–water partition coefficient (Wildman–Crippen LogP) is 2.13. The monoisotopic (exact) mass is 312 g/mol. The Morgan fingerprint density at radius 3 is 1.73 bits per heavy atom. The molecule has 0 bridgehead atoms. The van der Waals surface area contributed by atoms with Gasteiger partial charge in [-0.2, -0.15) is 0 Å². The molecular formula is C15H25BO6. The number of hydrogen-bond donors (Lipinski definition) is 0. The Kier molecular flexibility index (Phi) is 7.09. The van der Waals surface area contributed by atoms with Crippen molar-refractivity contribution >= 4 is 19.1 Å². The maximum Gasteiger partial charge on any atom is 0.462 e. The van der Waals surface area contributed by atoms with Crippen molar-refractivity contribution in [2.24, 2.45) is 0 Å². The van der Waals surface area contributed by atoms with Crippen molar-refractivity contribution in [2.45, 2.75) is 72.3 Å². The molecule has 0 aliphatic carbocycles. The van der Waals surface area contributed by atoms with Gasteiger partial charge in [-0.05, 0) is 41.5 Å². The first-order chi connectivity index (χ1) is 10.2. The highest BCUT2D eigenvalue weighted by atomic mass is 16.7. The van der Waals surface area contributed by atoms with Crippen molar-refractivity contribution in [3.63, 3.8) is 0 Å². The number of carbonyl (C=O) groups excluding carboxylic acids is 2. The summed E-state index contributed by atoms with van der Waals surface area (Å²) >= 11 is 0. The zero-order chi connectivity index (χ0) is 16.9. The lowest BCUT2D eigenvalue weighted by atomic mass is 9.84. The zero-order valence-corrected chi connectivity index (χ0v) is 14.1. The minimum Gasteiger partial charge on any atom is -0.461 e. The molecule has 0 aromatic carbocycles. The fourth-order valence-corrected chi connectivity index (χ4v) is 1.90. The molecule has 0 aromatic heterocycles. The number of rotatable bonds is 6. The van der Waals surface area contributed by atoms with Gasteiger partial charge in [0.15, 0.2) is 12.2 Å². The van der Waals surface area contributed by atoms with Crippen molar-refractivity contribution < 1.29 is 28.4 Å². The van der Waals surface area contributed by atoms with Crippen LogP contribution in [0.5, 0.6) is 0 Å². The third kappa shape index (κ3) is 5.81. The summed E-state index contributed by atoms with van der Waals surface area (Å²) in [5, 5.41) is 0. The maximum atomic E-state index is 12.1. The Morgan fingerprint density at radius 2 is 1.41 bits per heavy atom. The Bertz CT molecular complexity index is 398. The van der Waals surface area contributed by atoms with Gasteiger partial charge < -0.3 is 18.8 Å². The van der Waals surface area contributed by atoms with Gasteiger partial charge in [0, 0.05) is 6.32 Å². The normalized spacial score (nSPS) is 21.2. The highest BCUT2D eigenvalue weighted by molar-refractivity contribution is 6.46. The fourth-order valence-electron chi connectivity index (χ4n) is 1.90. The van der Waals surface area contributed by atoms with Gasteiger partial charge in [0.25, 0.3) is 0 Å². The SMILES string of the molecule is CC(C)=CCB1O[C@@H](C(=O)OC(C)C)[C@H](C(=O)OC(C)C)O1. The first-order valence-corrected chi connectivity index (χ1v) is 7.56. The van der Waals surface area contributed by atoms with E-state index in [9.17, 15) is 9.59 Å². The zero-order valence-electron chi connectivity index (χ0n) is 14.1. The molecule has 2 atom stereocenters. The summed E-state index contributed by atoms with van der Waals surface area (Å²) in [5.74, 6) is -1.22. The van der Waals surface area contributed by atoms with Gasteiger partial charge >= 0.3 is 19.1 Å². The average molecular weight is 312 g/mol. The first-order valence-electron chi connectivity index (χ1n) is 7.56. The molecule has 1 aliphatic heterocycles. The van der Waals surface area contributed by atoms with Crippen LogP contribution in [0.25, 0.3) is 0 Å². The Labute approximate surface area is 132 Å². The number of hydrogen-bond acceptors (Lipinski definition) is 6. The summed E-state index contributed by atoms with van der Waals surface area (Å²) in [7, 11) is -0.663. The van der Waals surface area contributed by atoms with E-state index < -0.39 is 31.3 Å². The third-order valence-corrected chi connectivity index (χ3v) is 2.76. The van der Waals surface area contributed by atoms with E-state index in [-0.39, 0.29) is 12.2 Å². The molecule has 0 spiro atoms. The second-order valence-corrected chi connectivity index (χ2v) is 6.03. The van der Waals surface area contributed by atoms with E-state index in [4.69, 9.17) is 18.8 Å². The molecule has 0 radical (unpaired) electrons. The van der Waals surface area contributed by atoms with E-state index in [0.717, 1.165) is 5.57 Å². The lowest BCUT2D eigenvalue weighted by molar-refractivity contribution is -0.167. The molecule has 0 saturated carbocycles. The van der Waals surface area contributed by atoms with Crippen molar-refractivity contribution in [1.29, 1.82) is 0 Å². The van der Waals surface area contributed by atoms with Crippen molar-refractivity contribution in [3.05, 3.63) is 11.6 Å². The molecule has 22 heavy (non-hydrogen) atoms. The van der Waals surface area contributed by atoms with Gasteiger partial charge in [0.1, 0.15) is 0 Å². The summed E-state index contributed by atoms with van der Waals surface area (Å²) < 4.78 is 21.3. The molecule has 0 N–H and O–H groups in total. The van der Waals surface area contributed by atoms with Crippen molar-refractivity contribution in [1.82, 2.24) is 0 Å². The van der Waals surface area contributed by atoms with Crippen LogP contribution in [0.2, 0.25) is 6.32 Å². The fraction of sp³-hybridized carbons (Fsp3) is 0.733. The van der Waals surface area contributed by atoms with Gasteiger partial charge in [-0.1, -0.05) is 11.6 Å². The Hall–Kier alpha value is -1.34. The van der Waals surface area contributed by atoms with Gasteiger partial charge in [-0.25, -0.2) is 9.59 Å². The van der Waals surface area contributed by atoms with Crippen LogP contribution in [0.1, 0.15) is 41.5 Å². The molecule has 0 amide bonds. The van der Waals surface area contributed by atoms with Crippen LogP contribution in [-0.4, -0.2) is 43.5 Å². The minimum atomic E-state index is -1.09. The quantitative estimate of drug-likeness (QED) is 0.425. The van der Waals surface area contributed by atoms with E-state index in [1.54, 1.807) is 27.7 Å². The molecule has 1 fully saturated rings. The van der Waals surface area contributed by atoms with Gasteiger partial charge in [-0.3, -0.25) is 0 Å². The molecule has 1 saturated heterocycles. The summed E-state index contributed by atoms with van der Waals surface area (Å²) in [5.41, 5.74) is 1.10. The molecular weight excluding hydrogens is 287 g/mol. The number of carbonyl (C=O) groups is 2. The highest BCUT2D eigenvalue weighted by Gasteiger charge is 2.48. The Morgan fingerprint density at radius 1 is 1.00 bits per heavy atom. The predicted molar refractivity (Wildman–Crippen MR) is 82.2 cm³/mol. The summed E-state index contributed by atoms with van der Waals surface area (Å²) in [6, 6.07) is 0. The topological polar surface area (TPSA) is 71.1 Å². The smallest absolute Gasteiger partial charge is 0.461 e. The molecule has 7 heteroatoms. The molecule has 0 aromatic rings. The number of esters is 2. The van der Waals surface area contributed by atoms with Crippen molar-refractivity contribution in [2.75, 3.05) is 0 Å². The van der Waals surface area contributed by atoms with E-state index in [0.29, 0.717) is 6.32 Å². The lowest BCUT2D eigenvalue weighted by Crippen LogP contribution is -2.40. The summed E-state index contributed by atoms with van der Waals surface area (Å²) in [6.45, 7) is 10.8. The molecule has 1 aliphatic rings. The summed E-state index contributed by atoms with van der Waals surface area (Å²) in [6.07, 6.45) is -0.400. The Balaban J connectivity index is 2.80. The second-order valence-electron chi connectivity index (χ2n) is 6.03. The van der Waals surface area contributed by atoms with E-state index in [1.807, 2.05) is 19.9 Å². The van der Waals surface area contributed by atoms with E-state index >= 15 is 0 Å². The molecule has 1 rings (SSSR count). The largest absolute Gasteiger partial charge is 0.462 e. The van der Waals surface area contributed by atoms with Crippen LogP contribution in [0.3, 0.4) is 0 Å². The van der Waals surface area contributed by atoms with Crippen LogP contribution in [0, 0.1) is 0 Å². The highest BCUT2D eigenvalue weighted by Crippen LogP contribution is 2.23. The molecule has 0 unspecified atom stereocenters. The van der Waals surface area contributed by atoms with Gasteiger partial charge in [0.05, 0.1) is 12.2 Å². The number of allylic oxidation sites excluding steroid dienone is 2. The maximum absolute atomic E-state index is 12.1. The van der Waals surface area contributed by atoms with Gasteiger partial charge in [0.2, 0.25) is 0 Å². The van der Waals surface area contributed by atoms with Gasteiger partial charge in [-0.15, -0.1) is 0 Å². The third-order valence-electron chi connectivity index (χ3n) is 2.76. The molecule has 124 valence electrons. The minimum absolute atomic E-state index is 0.297. The first kappa shape index (κ1) is 18.7. The lowest BCUT2D eigenvalue weighted by Gasteiger charge is -2.18. The molecule has 6 nitrogen and oxygen atoms in total. The van der Waals surface area contributed by atoms with Crippen LogP contribution >= 0.6 is 0 Å². The van der Waals surface area contributed by atoms with Crippen molar-refractivity contribution in [3.8, 4) is 0 Å². The molecule has 1 heterocycles. The summed E-state index contributed by atoms with van der Waals surface area (Å²) in [4.78, 5) is 24.2.